The van der Waals surface area contributed by atoms with Gasteiger partial charge in [-0.25, -0.2) is 0 Å². The van der Waals surface area contributed by atoms with Crippen molar-refractivity contribution < 1.29 is 9.59 Å². The van der Waals surface area contributed by atoms with Crippen LogP contribution >= 0.6 is 0 Å². The highest BCUT2D eigenvalue weighted by atomic mass is 16.2. The SMILES string of the molecule is CCCC(=O)N(Cc1cccc(C)c1)[C@@H](C)C(=O)NC(C)(C)C. The number of nitrogens with one attached hydrogen (secondary N) is 1. The lowest BCUT2D eigenvalue weighted by Gasteiger charge is -2.31. The smallest absolute Gasteiger partial charge is 0.242 e. The molecule has 0 aliphatic carbocycles. The molecule has 0 saturated heterocycles. The van der Waals surface area contributed by atoms with E-state index in [-0.39, 0.29) is 17.4 Å². The molecule has 1 rings (SSSR count). The van der Waals surface area contributed by atoms with Gasteiger partial charge in [0.05, 0.1) is 0 Å². The van der Waals surface area contributed by atoms with Gasteiger partial charge >= 0.3 is 0 Å². The van der Waals surface area contributed by atoms with Crippen molar-refractivity contribution in [1.29, 1.82) is 0 Å². The van der Waals surface area contributed by atoms with Crippen molar-refractivity contribution >= 4 is 11.8 Å². The summed E-state index contributed by atoms with van der Waals surface area (Å²) in [4.78, 5) is 26.6. The summed E-state index contributed by atoms with van der Waals surface area (Å²) in [5.41, 5.74) is 1.88. The zero-order chi connectivity index (χ0) is 17.6. The quantitative estimate of drug-likeness (QED) is 0.873. The lowest BCUT2D eigenvalue weighted by Crippen LogP contribution is -2.52. The van der Waals surface area contributed by atoms with E-state index >= 15 is 0 Å². The van der Waals surface area contributed by atoms with Gasteiger partial charge in [-0.15, -0.1) is 0 Å². The van der Waals surface area contributed by atoms with Crippen LogP contribution in [0.25, 0.3) is 0 Å². The number of hydrogen-bond acceptors (Lipinski definition) is 2. The largest absolute Gasteiger partial charge is 0.350 e. The second-order valence-electron chi connectivity index (χ2n) is 7.18. The predicted molar refractivity (Wildman–Crippen MR) is 94.0 cm³/mol. The van der Waals surface area contributed by atoms with Crippen molar-refractivity contribution in [2.75, 3.05) is 0 Å². The molecule has 0 aliphatic rings. The summed E-state index contributed by atoms with van der Waals surface area (Å²) in [5, 5.41) is 2.96. The molecule has 4 nitrogen and oxygen atoms in total. The molecule has 0 aliphatic heterocycles. The van der Waals surface area contributed by atoms with Gasteiger partial charge in [0, 0.05) is 18.5 Å². The van der Waals surface area contributed by atoms with Crippen LogP contribution < -0.4 is 5.32 Å². The summed E-state index contributed by atoms with van der Waals surface area (Å²) in [7, 11) is 0. The van der Waals surface area contributed by atoms with Crippen molar-refractivity contribution in [3.63, 3.8) is 0 Å². The zero-order valence-corrected chi connectivity index (χ0v) is 15.3. The molecule has 0 heterocycles. The third-order valence-corrected chi connectivity index (χ3v) is 3.56. The Balaban J connectivity index is 2.95. The van der Waals surface area contributed by atoms with Crippen LogP contribution in [0.2, 0.25) is 0 Å². The Hall–Kier alpha value is -1.84. The third kappa shape index (κ3) is 6.43. The van der Waals surface area contributed by atoms with Crippen LogP contribution in [-0.4, -0.2) is 28.3 Å². The molecule has 0 radical (unpaired) electrons. The van der Waals surface area contributed by atoms with Crippen LogP contribution in [0.1, 0.15) is 58.6 Å². The minimum absolute atomic E-state index is 0.0190. The summed E-state index contributed by atoms with van der Waals surface area (Å²) >= 11 is 0. The third-order valence-electron chi connectivity index (χ3n) is 3.56. The van der Waals surface area contributed by atoms with Crippen LogP contribution in [0.3, 0.4) is 0 Å². The first-order chi connectivity index (χ1) is 10.6. The first kappa shape index (κ1) is 19.2. The number of carbonyl (C=O) groups excluding carboxylic acids is 2. The molecule has 0 saturated carbocycles. The topological polar surface area (TPSA) is 49.4 Å². The van der Waals surface area contributed by atoms with E-state index in [9.17, 15) is 9.59 Å². The first-order valence-electron chi connectivity index (χ1n) is 8.31. The molecule has 23 heavy (non-hydrogen) atoms. The molecule has 128 valence electrons. The summed E-state index contributed by atoms with van der Waals surface area (Å²) in [6.45, 7) is 12.1. The van der Waals surface area contributed by atoms with Crippen molar-refractivity contribution in [2.45, 2.75) is 72.5 Å². The molecule has 0 unspecified atom stereocenters. The fraction of sp³-hybridized carbons (Fsp3) is 0.579. The zero-order valence-electron chi connectivity index (χ0n) is 15.3. The number of amides is 2. The maximum Gasteiger partial charge on any atom is 0.242 e. The highest BCUT2D eigenvalue weighted by Crippen LogP contribution is 2.14. The minimum atomic E-state index is -0.492. The average molecular weight is 318 g/mol. The van der Waals surface area contributed by atoms with Crippen LogP contribution in [0.4, 0.5) is 0 Å². The van der Waals surface area contributed by atoms with Crippen molar-refractivity contribution in [1.82, 2.24) is 10.2 Å². The van der Waals surface area contributed by atoms with Crippen molar-refractivity contribution in [3.8, 4) is 0 Å². The van der Waals surface area contributed by atoms with E-state index in [1.54, 1.807) is 11.8 Å². The number of hydrogen-bond donors (Lipinski definition) is 1. The molecule has 1 aromatic rings. The van der Waals surface area contributed by atoms with E-state index in [0.717, 1.165) is 17.5 Å². The van der Waals surface area contributed by atoms with Gasteiger partial charge in [-0.05, 0) is 46.6 Å². The van der Waals surface area contributed by atoms with Crippen LogP contribution in [0.15, 0.2) is 24.3 Å². The van der Waals surface area contributed by atoms with E-state index in [1.807, 2.05) is 52.8 Å². The van der Waals surface area contributed by atoms with Gasteiger partial charge in [0.25, 0.3) is 0 Å². The minimum Gasteiger partial charge on any atom is -0.350 e. The van der Waals surface area contributed by atoms with Gasteiger partial charge in [0.2, 0.25) is 11.8 Å². The van der Waals surface area contributed by atoms with E-state index in [4.69, 9.17) is 0 Å². The van der Waals surface area contributed by atoms with E-state index in [0.29, 0.717) is 13.0 Å². The Morgan fingerprint density at radius 1 is 1.26 bits per heavy atom. The maximum atomic E-state index is 12.5. The Morgan fingerprint density at radius 2 is 1.91 bits per heavy atom. The normalized spacial score (nSPS) is 12.6. The van der Waals surface area contributed by atoms with Gasteiger partial charge < -0.3 is 10.2 Å². The van der Waals surface area contributed by atoms with Crippen LogP contribution in [-0.2, 0) is 16.1 Å². The maximum absolute atomic E-state index is 12.5. The second kappa shape index (κ2) is 8.14. The van der Waals surface area contributed by atoms with Crippen molar-refractivity contribution in [3.05, 3.63) is 35.4 Å². The van der Waals surface area contributed by atoms with Gasteiger partial charge in [-0.1, -0.05) is 36.8 Å². The molecular weight excluding hydrogens is 288 g/mol. The van der Waals surface area contributed by atoms with Gasteiger partial charge in [-0.2, -0.15) is 0 Å². The molecule has 2 amide bonds. The number of benzene rings is 1. The van der Waals surface area contributed by atoms with Crippen LogP contribution in [0.5, 0.6) is 0 Å². The summed E-state index contributed by atoms with van der Waals surface area (Å²) in [6, 6.07) is 7.56. The highest BCUT2D eigenvalue weighted by molar-refractivity contribution is 5.87. The fourth-order valence-corrected chi connectivity index (χ4v) is 2.42. The van der Waals surface area contributed by atoms with Crippen molar-refractivity contribution in [2.24, 2.45) is 0 Å². The van der Waals surface area contributed by atoms with E-state index in [2.05, 4.69) is 11.4 Å². The van der Waals surface area contributed by atoms with Crippen LogP contribution in [0, 0.1) is 6.92 Å². The standard InChI is InChI=1S/C19H30N2O2/c1-7-9-17(22)21(13-16-11-8-10-14(2)12-16)15(3)18(23)20-19(4,5)6/h8,10-12,15H,7,9,13H2,1-6H3,(H,20,23)/t15-/m0/s1. The molecule has 1 N–H and O–H groups in total. The molecule has 0 bridgehead atoms. The Bertz CT molecular complexity index is 547. The Morgan fingerprint density at radius 3 is 2.43 bits per heavy atom. The monoisotopic (exact) mass is 318 g/mol. The summed E-state index contributed by atoms with van der Waals surface area (Å²) in [5.74, 6) is -0.0971. The molecule has 0 fully saturated rings. The number of rotatable bonds is 6. The number of aryl methyl sites for hydroxylation is 1. The molecule has 0 spiro atoms. The molecular formula is C19H30N2O2. The first-order valence-corrected chi connectivity index (χ1v) is 8.31. The number of nitrogens with zero attached hydrogens (tertiary/aromatic N) is 1. The average Bonchev–Trinajstić information content (AvgIpc) is 2.42. The Kier molecular flexibility index (Phi) is 6.79. The van der Waals surface area contributed by atoms with E-state index < -0.39 is 6.04 Å². The lowest BCUT2D eigenvalue weighted by molar-refractivity contribution is -0.141. The summed E-state index contributed by atoms with van der Waals surface area (Å²) < 4.78 is 0. The van der Waals surface area contributed by atoms with E-state index in [1.165, 1.54) is 0 Å². The molecule has 0 aromatic heterocycles. The lowest BCUT2D eigenvalue weighted by atomic mass is 10.1. The molecule has 1 aromatic carbocycles. The predicted octanol–water partition coefficient (Wildman–Crippen LogP) is 3.43. The number of carbonyl (C=O) groups is 2. The second-order valence-corrected chi connectivity index (χ2v) is 7.18. The molecule has 1 atom stereocenters. The highest BCUT2D eigenvalue weighted by Gasteiger charge is 2.27. The molecule has 4 heteroatoms. The fourth-order valence-electron chi connectivity index (χ4n) is 2.42. The van der Waals surface area contributed by atoms with Gasteiger partial charge in [-0.3, -0.25) is 9.59 Å². The summed E-state index contributed by atoms with van der Waals surface area (Å²) in [6.07, 6.45) is 1.23. The van der Waals surface area contributed by atoms with Gasteiger partial charge in [0.15, 0.2) is 0 Å². The van der Waals surface area contributed by atoms with Gasteiger partial charge in [0.1, 0.15) is 6.04 Å². The Labute approximate surface area is 140 Å².